The number of oxazole rings is 1. The van der Waals surface area contributed by atoms with Gasteiger partial charge in [0.15, 0.2) is 6.39 Å². The Kier molecular flexibility index (Phi) is 3.57. The zero-order valence-corrected chi connectivity index (χ0v) is 5.88. The molecule has 1 aromatic heterocycles. The lowest BCUT2D eigenvalue weighted by atomic mass is 10.7. The molecular weight excluding hydrogens is 144 g/mol. The molecule has 0 aromatic carbocycles. The van der Waals surface area contributed by atoms with Crippen LogP contribution >= 0.6 is 0 Å². The van der Waals surface area contributed by atoms with Gasteiger partial charge in [0.1, 0.15) is 19.1 Å². The predicted octanol–water partition coefficient (Wildman–Crippen LogP) is 1.23. The second-order valence-electron chi connectivity index (χ2n) is 1.63. The van der Waals surface area contributed by atoms with Crippen molar-refractivity contribution >= 4 is 6.21 Å². The molecule has 0 fully saturated rings. The van der Waals surface area contributed by atoms with E-state index in [1.807, 2.05) is 0 Å². The van der Waals surface area contributed by atoms with Gasteiger partial charge in [-0.25, -0.2) is 4.98 Å². The maximum absolute atomic E-state index is 4.74. The summed E-state index contributed by atoms with van der Waals surface area (Å²) in [6.07, 6.45) is 9.36. The Balaban J connectivity index is 0.000000112. The molecule has 0 amide bonds. The molecule has 0 aliphatic carbocycles. The van der Waals surface area contributed by atoms with Gasteiger partial charge in [-0.05, 0) is 0 Å². The molecule has 0 unspecified atom stereocenters. The summed E-state index contributed by atoms with van der Waals surface area (Å²) in [4.78, 5) is 7.30. The molecule has 4 nitrogen and oxygen atoms in total. The fraction of sp³-hybridized carbons (Fsp3) is 0.143. The number of aromatic nitrogens is 1. The molecule has 0 saturated carbocycles. The van der Waals surface area contributed by atoms with Crippen molar-refractivity contribution < 1.29 is 9.15 Å². The average Bonchev–Trinajstić information content (AvgIpc) is 2.64. The minimum atomic E-state index is 0.622. The van der Waals surface area contributed by atoms with E-state index in [9.17, 15) is 0 Å². The smallest absolute Gasteiger partial charge is 0.180 e. The summed E-state index contributed by atoms with van der Waals surface area (Å²) in [5, 5.41) is 0. The van der Waals surface area contributed by atoms with Crippen LogP contribution in [0.15, 0.2) is 40.7 Å². The molecule has 4 heteroatoms. The normalized spacial score (nSPS) is 13.1. The molecule has 58 valence electrons. The number of hydrogen-bond acceptors (Lipinski definition) is 4. The van der Waals surface area contributed by atoms with E-state index in [4.69, 9.17) is 4.74 Å². The molecular formula is C7H8N2O2. The standard InChI is InChI=1S/C4H5NO.C3H3NO/c1-3-6-4-2-5-1;1-2-5-3-4-1/h1-3H,4H2;1-3H. The van der Waals surface area contributed by atoms with Crippen LogP contribution in [0.5, 0.6) is 0 Å². The third kappa shape index (κ3) is 3.91. The first kappa shape index (κ1) is 7.53. The van der Waals surface area contributed by atoms with Gasteiger partial charge in [-0.2, -0.15) is 0 Å². The minimum absolute atomic E-state index is 0.622. The van der Waals surface area contributed by atoms with E-state index in [1.165, 1.54) is 12.7 Å². The Bertz CT molecular complexity index is 187. The highest BCUT2D eigenvalue weighted by Crippen LogP contribution is 1.82. The SMILES string of the molecule is C1=COCC=N1.c1cocn1. The monoisotopic (exact) mass is 152 g/mol. The van der Waals surface area contributed by atoms with Crippen molar-refractivity contribution in [2.24, 2.45) is 4.99 Å². The van der Waals surface area contributed by atoms with Crippen LogP contribution in [-0.4, -0.2) is 17.8 Å². The summed E-state index contributed by atoms with van der Waals surface area (Å²) in [5.74, 6) is 0. The molecule has 0 radical (unpaired) electrons. The van der Waals surface area contributed by atoms with E-state index in [-0.39, 0.29) is 0 Å². The van der Waals surface area contributed by atoms with E-state index < -0.39 is 0 Å². The molecule has 0 atom stereocenters. The second-order valence-corrected chi connectivity index (χ2v) is 1.63. The van der Waals surface area contributed by atoms with Crippen LogP contribution in [0.3, 0.4) is 0 Å². The number of nitrogens with zero attached hydrogens (tertiary/aromatic N) is 2. The highest BCUT2D eigenvalue weighted by Gasteiger charge is 1.76. The van der Waals surface area contributed by atoms with Gasteiger partial charge in [-0.15, -0.1) is 0 Å². The van der Waals surface area contributed by atoms with Crippen LogP contribution in [0.4, 0.5) is 0 Å². The molecule has 0 N–H and O–H groups in total. The number of hydrogen-bond donors (Lipinski definition) is 0. The largest absolute Gasteiger partial charge is 0.494 e. The molecule has 0 saturated heterocycles. The van der Waals surface area contributed by atoms with Crippen molar-refractivity contribution in [2.75, 3.05) is 6.61 Å². The van der Waals surface area contributed by atoms with Gasteiger partial charge in [0.25, 0.3) is 0 Å². The fourth-order valence-corrected chi connectivity index (χ4v) is 0.456. The molecule has 0 spiro atoms. The summed E-state index contributed by atoms with van der Waals surface area (Å²) < 4.78 is 9.21. The van der Waals surface area contributed by atoms with Crippen LogP contribution in [0.2, 0.25) is 0 Å². The summed E-state index contributed by atoms with van der Waals surface area (Å²) >= 11 is 0. The van der Waals surface area contributed by atoms with Gasteiger partial charge in [-0.1, -0.05) is 0 Å². The van der Waals surface area contributed by atoms with Gasteiger partial charge in [0.2, 0.25) is 0 Å². The van der Waals surface area contributed by atoms with Crippen LogP contribution in [0, 0.1) is 0 Å². The van der Waals surface area contributed by atoms with E-state index in [0.29, 0.717) is 6.61 Å². The lowest BCUT2D eigenvalue weighted by Gasteiger charge is -1.94. The lowest BCUT2D eigenvalue weighted by Crippen LogP contribution is -1.90. The van der Waals surface area contributed by atoms with Gasteiger partial charge >= 0.3 is 0 Å². The fourth-order valence-electron chi connectivity index (χ4n) is 0.456. The van der Waals surface area contributed by atoms with Crippen LogP contribution in [0.25, 0.3) is 0 Å². The van der Waals surface area contributed by atoms with Crippen molar-refractivity contribution in [1.82, 2.24) is 4.98 Å². The van der Waals surface area contributed by atoms with Crippen molar-refractivity contribution in [3.8, 4) is 0 Å². The van der Waals surface area contributed by atoms with Crippen molar-refractivity contribution in [2.45, 2.75) is 0 Å². The highest BCUT2D eigenvalue weighted by atomic mass is 16.5. The lowest BCUT2D eigenvalue weighted by molar-refractivity contribution is 0.300. The van der Waals surface area contributed by atoms with Gasteiger partial charge in [-0.3, -0.25) is 4.99 Å². The second kappa shape index (κ2) is 5.22. The Labute approximate surface area is 64.2 Å². The minimum Gasteiger partial charge on any atom is -0.494 e. The molecule has 1 aliphatic rings. The molecule has 1 aliphatic heterocycles. The maximum atomic E-state index is 4.74. The average molecular weight is 152 g/mol. The maximum Gasteiger partial charge on any atom is 0.180 e. The van der Waals surface area contributed by atoms with Crippen LogP contribution in [0.1, 0.15) is 0 Å². The molecule has 1 aromatic rings. The predicted molar refractivity (Wildman–Crippen MR) is 40.1 cm³/mol. The first-order valence-electron chi connectivity index (χ1n) is 3.10. The number of ether oxygens (including phenoxy) is 1. The third-order valence-corrected chi connectivity index (χ3v) is 0.867. The van der Waals surface area contributed by atoms with E-state index in [1.54, 1.807) is 24.9 Å². The molecule has 2 rings (SSSR count). The quantitative estimate of drug-likeness (QED) is 0.561. The zero-order chi connectivity index (χ0) is 7.78. The summed E-state index contributed by atoms with van der Waals surface area (Å²) in [5.41, 5.74) is 0. The zero-order valence-electron chi connectivity index (χ0n) is 5.88. The molecule has 0 bridgehead atoms. The number of aliphatic imine (C=N–C) groups is 1. The van der Waals surface area contributed by atoms with Gasteiger partial charge < -0.3 is 9.15 Å². The van der Waals surface area contributed by atoms with Gasteiger partial charge in [0, 0.05) is 6.21 Å². The van der Waals surface area contributed by atoms with E-state index in [2.05, 4.69) is 14.4 Å². The molecule has 2 heterocycles. The van der Waals surface area contributed by atoms with Crippen molar-refractivity contribution in [3.05, 3.63) is 31.3 Å². The first-order chi connectivity index (χ1) is 5.50. The Morgan fingerprint density at radius 3 is 2.55 bits per heavy atom. The Morgan fingerprint density at radius 1 is 1.36 bits per heavy atom. The molecule has 11 heavy (non-hydrogen) atoms. The van der Waals surface area contributed by atoms with Crippen LogP contribution < -0.4 is 0 Å². The van der Waals surface area contributed by atoms with Gasteiger partial charge in [0.05, 0.1) is 12.4 Å². The number of rotatable bonds is 0. The first-order valence-corrected chi connectivity index (χ1v) is 3.10. The van der Waals surface area contributed by atoms with E-state index in [0.717, 1.165) is 0 Å². The Hall–Kier alpha value is -1.58. The Morgan fingerprint density at radius 2 is 2.36 bits per heavy atom. The van der Waals surface area contributed by atoms with Crippen molar-refractivity contribution in [1.29, 1.82) is 0 Å². The summed E-state index contributed by atoms with van der Waals surface area (Å²) in [7, 11) is 0. The third-order valence-electron chi connectivity index (χ3n) is 0.867. The van der Waals surface area contributed by atoms with Crippen LogP contribution in [-0.2, 0) is 4.74 Å². The summed E-state index contributed by atoms with van der Waals surface area (Å²) in [6, 6.07) is 0. The van der Waals surface area contributed by atoms with E-state index >= 15 is 0 Å². The summed E-state index contributed by atoms with van der Waals surface area (Å²) in [6.45, 7) is 0.622. The van der Waals surface area contributed by atoms with Crippen molar-refractivity contribution in [3.63, 3.8) is 0 Å². The topological polar surface area (TPSA) is 47.6 Å². The highest BCUT2D eigenvalue weighted by molar-refractivity contribution is 5.60.